The highest BCUT2D eigenvalue weighted by Gasteiger charge is 2.23. The summed E-state index contributed by atoms with van der Waals surface area (Å²) in [4.78, 5) is 24.7. The van der Waals surface area contributed by atoms with Gasteiger partial charge in [0.15, 0.2) is 15.5 Å². The molecule has 0 bridgehead atoms. The zero-order valence-corrected chi connectivity index (χ0v) is 18.1. The van der Waals surface area contributed by atoms with E-state index in [9.17, 15) is 13.2 Å². The third kappa shape index (κ3) is 4.25. The summed E-state index contributed by atoms with van der Waals surface area (Å²) in [5.41, 5.74) is 3.28. The molecular formula is C23H22N4O4S. The number of hydrogen-bond donors (Lipinski definition) is 3. The van der Waals surface area contributed by atoms with Gasteiger partial charge < -0.3 is 15.4 Å². The van der Waals surface area contributed by atoms with Crippen LogP contribution in [-0.4, -0.2) is 46.2 Å². The van der Waals surface area contributed by atoms with Crippen LogP contribution >= 0.6 is 0 Å². The van der Waals surface area contributed by atoms with Crippen molar-refractivity contribution in [3.63, 3.8) is 0 Å². The number of aliphatic hydroxyl groups excluding tert-OH is 1. The van der Waals surface area contributed by atoms with E-state index in [1.165, 1.54) is 12.1 Å². The SMILES string of the molecule is CC(CCO)S(=O)(=O)c1ccc(-c2cnc3[nH]cc(NC(=O)c4ccccc4)c3n2)cc1. The van der Waals surface area contributed by atoms with E-state index < -0.39 is 15.1 Å². The number of sulfone groups is 1. The number of nitrogens with zero attached hydrogens (tertiary/aromatic N) is 2. The molecule has 0 saturated heterocycles. The molecule has 1 amide bonds. The fourth-order valence-electron chi connectivity index (χ4n) is 3.29. The summed E-state index contributed by atoms with van der Waals surface area (Å²) in [6.45, 7) is 1.39. The molecule has 0 spiro atoms. The van der Waals surface area contributed by atoms with Gasteiger partial charge in [0.1, 0.15) is 5.52 Å². The number of H-pyrrole nitrogens is 1. The lowest BCUT2D eigenvalue weighted by atomic mass is 10.1. The maximum absolute atomic E-state index is 12.6. The number of carbonyl (C=O) groups excluding carboxylic acids is 1. The third-order valence-electron chi connectivity index (χ3n) is 5.21. The Labute approximate surface area is 185 Å². The van der Waals surface area contributed by atoms with Crippen molar-refractivity contribution >= 4 is 32.6 Å². The molecular weight excluding hydrogens is 428 g/mol. The second-order valence-corrected chi connectivity index (χ2v) is 9.73. The molecule has 0 radical (unpaired) electrons. The van der Waals surface area contributed by atoms with Crippen LogP contribution in [-0.2, 0) is 9.84 Å². The van der Waals surface area contributed by atoms with Crippen LogP contribution in [0, 0.1) is 0 Å². The molecule has 0 fully saturated rings. The van der Waals surface area contributed by atoms with E-state index in [0.29, 0.717) is 33.7 Å². The summed E-state index contributed by atoms with van der Waals surface area (Å²) >= 11 is 0. The minimum absolute atomic E-state index is 0.178. The number of aromatic nitrogens is 3. The summed E-state index contributed by atoms with van der Waals surface area (Å²) < 4.78 is 25.2. The Morgan fingerprint density at radius 2 is 1.84 bits per heavy atom. The molecule has 0 aliphatic carbocycles. The van der Waals surface area contributed by atoms with Crippen molar-refractivity contribution in [3.8, 4) is 11.3 Å². The summed E-state index contributed by atoms with van der Waals surface area (Å²) in [6, 6.07) is 15.2. The Balaban J connectivity index is 1.61. The molecule has 2 aromatic carbocycles. The lowest BCUT2D eigenvalue weighted by molar-refractivity contribution is 0.102. The number of nitrogens with one attached hydrogen (secondary N) is 2. The number of benzene rings is 2. The number of aliphatic hydroxyl groups is 1. The first kappa shape index (κ1) is 21.7. The molecule has 0 saturated carbocycles. The maximum Gasteiger partial charge on any atom is 0.255 e. The van der Waals surface area contributed by atoms with Crippen molar-refractivity contribution in [2.75, 3.05) is 11.9 Å². The van der Waals surface area contributed by atoms with Gasteiger partial charge in [-0.25, -0.2) is 18.4 Å². The summed E-state index contributed by atoms with van der Waals surface area (Å²) in [6.07, 6.45) is 3.39. The van der Waals surface area contributed by atoms with E-state index in [2.05, 4.69) is 20.3 Å². The lowest BCUT2D eigenvalue weighted by Crippen LogP contribution is -2.19. The van der Waals surface area contributed by atoms with Crippen LogP contribution in [0.4, 0.5) is 5.69 Å². The summed E-state index contributed by atoms with van der Waals surface area (Å²) in [7, 11) is -3.52. The lowest BCUT2D eigenvalue weighted by Gasteiger charge is -2.12. The topological polar surface area (TPSA) is 125 Å². The number of hydrogen-bond acceptors (Lipinski definition) is 6. The number of carbonyl (C=O) groups is 1. The second-order valence-electron chi connectivity index (χ2n) is 7.37. The average molecular weight is 451 g/mol. The number of amides is 1. The molecule has 4 rings (SSSR count). The molecule has 2 aromatic heterocycles. The van der Waals surface area contributed by atoms with Gasteiger partial charge in [-0.3, -0.25) is 4.79 Å². The highest BCUT2D eigenvalue weighted by molar-refractivity contribution is 7.92. The van der Waals surface area contributed by atoms with E-state index >= 15 is 0 Å². The van der Waals surface area contributed by atoms with Crippen LogP contribution in [0.25, 0.3) is 22.4 Å². The minimum atomic E-state index is -3.52. The van der Waals surface area contributed by atoms with Crippen molar-refractivity contribution in [1.29, 1.82) is 0 Å². The first-order valence-corrected chi connectivity index (χ1v) is 11.6. The van der Waals surface area contributed by atoms with Gasteiger partial charge in [-0.2, -0.15) is 0 Å². The highest BCUT2D eigenvalue weighted by atomic mass is 32.2. The van der Waals surface area contributed by atoms with Gasteiger partial charge in [0, 0.05) is 23.9 Å². The fourth-order valence-corrected chi connectivity index (χ4v) is 4.69. The number of fused-ring (bicyclic) bond motifs is 1. The van der Waals surface area contributed by atoms with Gasteiger partial charge in [-0.1, -0.05) is 30.3 Å². The standard InChI is InChI=1S/C23H22N4O4S/c1-15(11-12-28)32(30,31)18-9-7-16(8-10-18)19-13-24-22-21(26-19)20(14-25-22)27-23(29)17-5-3-2-4-6-17/h2-10,13-15,28H,11-12H2,1H3,(H,24,25)(H,27,29). The molecule has 9 heteroatoms. The molecule has 1 atom stereocenters. The Bertz CT molecular complexity index is 1350. The predicted molar refractivity (Wildman–Crippen MR) is 122 cm³/mol. The van der Waals surface area contributed by atoms with Gasteiger partial charge >= 0.3 is 0 Å². The number of rotatable bonds is 7. The van der Waals surface area contributed by atoms with E-state index in [1.54, 1.807) is 55.7 Å². The predicted octanol–water partition coefficient (Wildman–Crippen LogP) is 3.42. The van der Waals surface area contributed by atoms with Crippen LogP contribution in [0.2, 0.25) is 0 Å². The van der Waals surface area contributed by atoms with Gasteiger partial charge in [0.05, 0.1) is 27.7 Å². The summed E-state index contributed by atoms with van der Waals surface area (Å²) in [5, 5.41) is 11.2. The monoisotopic (exact) mass is 450 g/mol. The molecule has 2 heterocycles. The first-order chi connectivity index (χ1) is 15.4. The van der Waals surface area contributed by atoms with Crippen molar-refractivity contribution < 1.29 is 18.3 Å². The minimum Gasteiger partial charge on any atom is -0.396 e. The van der Waals surface area contributed by atoms with Crippen LogP contribution in [0.15, 0.2) is 71.9 Å². The van der Waals surface area contributed by atoms with E-state index in [4.69, 9.17) is 5.11 Å². The van der Waals surface area contributed by atoms with Crippen molar-refractivity contribution in [1.82, 2.24) is 15.0 Å². The van der Waals surface area contributed by atoms with Gasteiger partial charge in [0.25, 0.3) is 5.91 Å². The third-order valence-corrected chi connectivity index (χ3v) is 7.43. The molecule has 1 unspecified atom stereocenters. The smallest absolute Gasteiger partial charge is 0.255 e. The molecule has 32 heavy (non-hydrogen) atoms. The van der Waals surface area contributed by atoms with Gasteiger partial charge in [-0.15, -0.1) is 0 Å². The average Bonchev–Trinajstić information content (AvgIpc) is 3.21. The molecule has 3 N–H and O–H groups in total. The largest absolute Gasteiger partial charge is 0.396 e. The Kier molecular flexibility index (Phi) is 6.02. The summed E-state index contributed by atoms with van der Waals surface area (Å²) in [5.74, 6) is -0.259. The zero-order valence-electron chi connectivity index (χ0n) is 17.3. The number of anilines is 1. The van der Waals surface area contributed by atoms with Crippen molar-refractivity contribution in [3.05, 3.63) is 72.6 Å². The van der Waals surface area contributed by atoms with Gasteiger partial charge in [0.2, 0.25) is 0 Å². The van der Waals surface area contributed by atoms with Crippen LogP contribution in [0.1, 0.15) is 23.7 Å². The van der Waals surface area contributed by atoms with Crippen LogP contribution in [0.5, 0.6) is 0 Å². The second kappa shape index (κ2) is 8.89. The van der Waals surface area contributed by atoms with E-state index in [0.717, 1.165) is 0 Å². The molecule has 0 aliphatic rings. The Morgan fingerprint density at radius 1 is 1.12 bits per heavy atom. The maximum atomic E-state index is 12.6. The highest BCUT2D eigenvalue weighted by Crippen LogP contribution is 2.26. The Hall–Kier alpha value is -3.56. The van der Waals surface area contributed by atoms with Gasteiger partial charge in [-0.05, 0) is 37.6 Å². The quantitative estimate of drug-likeness (QED) is 0.396. The van der Waals surface area contributed by atoms with E-state index in [1.807, 2.05) is 6.07 Å². The number of aromatic amines is 1. The molecule has 0 aliphatic heterocycles. The fraction of sp³-hybridized carbons (Fsp3) is 0.174. The van der Waals surface area contributed by atoms with E-state index in [-0.39, 0.29) is 23.8 Å². The molecule has 4 aromatic rings. The van der Waals surface area contributed by atoms with Crippen molar-refractivity contribution in [2.24, 2.45) is 0 Å². The van der Waals surface area contributed by atoms with Crippen LogP contribution < -0.4 is 5.32 Å². The normalized spacial score (nSPS) is 12.6. The molecule has 8 nitrogen and oxygen atoms in total. The Morgan fingerprint density at radius 3 is 2.53 bits per heavy atom. The van der Waals surface area contributed by atoms with Crippen LogP contribution in [0.3, 0.4) is 0 Å². The molecule has 164 valence electrons. The first-order valence-electron chi connectivity index (χ1n) is 10.1. The van der Waals surface area contributed by atoms with Crippen molar-refractivity contribution in [2.45, 2.75) is 23.5 Å². The zero-order chi connectivity index (χ0) is 22.7.